The van der Waals surface area contributed by atoms with Crippen LogP contribution in [0, 0.1) is 5.82 Å². The molecule has 4 amide bonds. The summed E-state index contributed by atoms with van der Waals surface area (Å²) < 4.78 is 21.0. The molecule has 0 radical (unpaired) electrons. The number of carbonyl (C=O) groups excluding carboxylic acids is 4. The van der Waals surface area contributed by atoms with E-state index in [1.165, 1.54) is 37.8 Å². The van der Waals surface area contributed by atoms with Gasteiger partial charge in [0.05, 0.1) is 56.6 Å². The van der Waals surface area contributed by atoms with E-state index in [4.69, 9.17) is 0 Å². The molecule has 12 aromatic heterocycles. The Balaban J connectivity index is 0.000000115. The minimum absolute atomic E-state index is 0.0127. The Labute approximate surface area is 760 Å². The largest absolute Gasteiger partial charge is 0.352 e. The van der Waals surface area contributed by atoms with Crippen molar-refractivity contribution in [1.29, 1.82) is 0 Å². The van der Waals surface area contributed by atoms with Crippen LogP contribution >= 0.6 is 0 Å². The molecule has 133 heavy (non-hydrogen) atoms. The standard InChI is InChI=1S/C28H22FN5O2.C28H23N5O2.C25H25N5O2.C23H21N5O2/c29-21-5-3-20(4-6-21)28(12-13-28)33-27(36)18-1-7-22(8-2-18)32-23-9-10-24(34-16-15-31-26(23)34)19-11-14-30-25(35)17-19;34-25-18-20(12-15-29-25)24-11-10-23(26-30-16-17-33(24)26)31-22-8-6-19(7-9-22)27(35)32-28(13-14-28)21-4-2-1-3-5-21;31-23-16-18(12-13-26-23)22-11-10-21(24-27-14-15-30(22)24)28-20-8-6-17(7-9-20)25(32)29-19-4-2-1-3-5-19;29-21-14-16(10-11-24-21)20-9-8-19(22-25-12-13-28(20)22)26-18-6-4-15(5-7-18)23(30)27-17-2-1-3-17/h1-11,14-17,32H,12-13H2,(H,30,35)(H,33,36);1-12,15-18,31H,13-14H2,(H,29,34)(H,32,35);6-16,19,28H,1-5H2,(H,26,31)(H,29,32);4-14,17,26H,1-3H2,(H,24,29)(H,27,30). The van der Waals surface area contributed by atoms with Gasteiger partial charge in [-0.15, -0.1) is 0 Å². The van der Waals surface area contributed by atoms with E-state index in [9.17, 15) is 42.7 Å². The van der Waals surface area contributed by atoms with Gasteiger partial charge in [-0.1, -0.05) is 61.7 Å². The number of aromatic amines is 4. The fraction of sp³-hybridized carbons (Fsp3) is 0.154. The summed E-state index contributed by atoms with van der Waals surface area (Å²) >= 11 is 0. The van der Waals surface area contributed by atoms with Crippen molar-refractivity contribution in [1.82, 2.24) is 78.7 Å². The number of hydrogen-bond donors (Lipinski definition) is 12. The molecule has 0 saturated heterocycles. The Morgan fingerprint density at radius 3 is 0.880 bits per heavy atom. The fourth-order valence-corrected chi connectivity index (χ4v) is 16.9. The van der Waals surface area contributed by atoms with Gasteiger partial charge in [0.1, 0.15) is 5.82 Å². The molecule has 29 heteroatoms. The van der Waals surface area contributed by atoms with Gasteiger partial charge in [-0.2, -0.15) is 0 Å². The van der Waals surface area contributed by atoms with Gasteiger partial charge in [-0.3, -0.25) is 56.0 Å². The molecule has 12 heterocycles. The van der Waals surface area contributed by atoms with Crippen molar-refractivity contribution in [3.63, 3.8) is 0 Å². The number of pyridine rings is 8. The lowest BCUT2D eigenvalue weighted by Gasteiger charge is -2.26. The summed E-state index contributed by atoms with van der Waals surface area (Å²) in [5.41, 5.74) is 19.6. The number of nitrogens with zero attached hydrogens (tertiary/aromatic N) is 8. The molecule has 28 nitrogen and oxygen atoms in total. The maximum atomic E-state index is 13.3. The Morgan fingerprint density at radius 2 is 0.602 bits per heavy atom. The number of carbonyl (C=O) groups is 4. The van der Waals surface area contributed by atoms with Crippen LogP contribution in [0.3, 0.4) is 0 Å². The third kappa shape index (κ3) is 19.4. The summed E-state index contributed by atoms with van der Waals surface area (Å²) in [5, 5.41) is 26.1. The number of imidazole rings is 4. The van der Waals surface area contributed by atoms with E-state index in [1.807, 2.05) is 218 Å². The van der Waals surface area contributed by atoms with Crippen LogP contribution in [0.15, 0.2) is 342 Å². The van der Waals surface area contributed by atoms with Gasteiger partial charge < -0.3 is 62.5 Å². The van der Waals surface area contributed by atoms with Crippen LogP contribution < -0.4 is 64.8 Å². The zero-order valence-corrected chi connectivity index (χ0v) is 72.0. The summed E-state index contributed by atoms with van der Waals surface area (Å²) in [6, 6.07) is 75.8. The summed E-state index contributed by atoms with van der Waals surface area (Å²) in [4.78, 5) is 126. The van der Waals surface area contributed by atoms with E-state index >= 15 is 0 Å². The number of hydrogen-bond acceptors (Lipinski definition) is 16. The number of amides is 4. The van der Waals surface area contributed by atoms with Gasteiger partial charge in [-0.05, 0) is 251 Å². The molecule has 4 aliphatic carbocycles. The second-order valence-electron chi connectivity index (χ2n) is 33.4. The zero-order chi connectivity index (χ0) is 90.9. The molecule has 12 N–H and O–H groups in total. The molecule has 0 spiro atoms. The van der Waals surface area contributed by atoms with Crippen molar-refractivity contribution in [2.24, 2.45) is 0 Å². The van der Waals surface area contributed by atoms with Crippen LogP contribution in [-0.2, 0) is 11.1 Å². The highest BCUT2D eigenvalue weighted by atomic mass is 19.1. The minimum atomic E-state index is -0.417. The SMILES string of the molecule is O=C(NC1(c2ccc(F)cc2)CC1)c1ccc(Nc2ccc(-c3cc[nH]c(=O)c3)n3ccnc23)cc1.O=C(NC1(c2ccccc2)CC1)c1ccc(Nc2ccc(-c3cc[nH]c(=O)c3)n3ccnc23)cc1.O=C(NC1CCC1)c1ccc(Nc2ccc(-c3cc[nH]c(=O)c3)n3ccnc23)cc1.O=C(NC1CCCCC1)c1ccc(Nc2ccc(-c3cc[nH]c(=O)c3)n3ccnc23)cc1. The van der Waals surface area contributed by atoms with E-state index in [0.717, 1.165) is 170 Å². The highest BCUT2D eigenvalue weighted by Gasteiger charge is 2.47. The Morgan fingerprint density at radius 1 is 0.316 bits per heavy atom. The molecular weight excluding hydrogens is 1680 g/mol. The molecule has 0 unspecified atom stereocenters. The molecule has 0 bridgehead atoms. The molecule has 4 fully saturated rings. The van der Waals surface area contributed by atoms with Crippen molar-refractivity contribution in [2.45, 2.75) is 100 Å². The predicted octanol–water partition coefficient (Wildman–Crippen LogP) is 18.1. The molecular formula is C104H91FN20O8. The fourth-order valence-electron chi connectivity index (χ4n) is 16.9. The molecule has 0 atom stereocenters. The van der Waals surface area contributed by atoms with Crippen molar-refractivity contribution in [3.05, 3.63) is 404 Å². The van der Waals surface area contributed by atoms with E-state index in [0.29, 0.717) is 40.0 Å². The van der Waals surface area contributed by atoms with Gasteiger partial charge in [0, 0.05) is 178 Å². The van der Waals surface area contributed by atoms with Gasteiger partial charge in [0.15, 0.2) is 22.6 Å². The first kappa shape index (κ1) is 85.3. The molecule has 6 aromatic carbocycles. The average molecular weight is 1770 g/mol. The first-order valence-corrected chi connectivity index (χ1v) is 44.1. The molecule has 0 aliphatic heterocycles. The lowest BCUT2D eigenvalue weighted by atomic mass is 9.93. The van der Waals surface area contributed by atoms with Crippen LogP contribution in [-0.4, -0.2) is 93.2 Å². The van der Waals surface area contributed by atoms with Crippen LogP contribution in [0.5, 0.6) is 0 Å². The molecule has 18 aromatic rings. The summed E-state index contributed by atoms with van der Waals surface area (Å²) in [5.74, 6) is -0.566. The van der Waals surface area contributed by atoms with Crippen molar-refractivity contribution < 1.29 is 23.6 Å². The highest BCUT2D eigenvalue weighted by molar-refractivity contribution is 5.98. The van der Waals surface area contributed by atoms with Crippen LogP contribution in [0.25, 0.3) is 67.6 Å². The first-order chi connectivity index (χ1) is 65.0. The number of H-pyrrole nitrogens is 4. The summed E-state index contributed by atoms with van der Waals surface area (Å²) in [6.45, 7) is 0. The van der Waals surface area contributed by atoms with Crippen molar-refractivity contribution in [2.75, 3.05) is 21.3 Å². The maximum Gasteiger partial charge on any atom is 0.251 e. The number of aromatic nitrogens is 12. The second kappa shape index (κ2) is 37.7. The Kier molecular flexibility index (Phi) is 24.2. The Bertz CT molecular complexity index is 7570. The van der Waals surface area contributed by atoms with E-state index < -0.39 is 5.54 Å². The maximum absolute atomic E-state index is 13.3. The molecule has 22 rings (SSSR count). The third-order valence-corrected chi connectivity index (χ3v) is 24.5. The average Bonchev–Trinajstić information content (AvgIpc) is 1.79. The lowest BCUT2D eigenvalue weighted by molar-refractivity contribution is 0.0911. The van der Waals surface area contributed by atoms with E-state index in [1.54, 1.807) is 98.1 Å². The summed E-state index contributed by atoms with van der Waals surface area (Å²) in [7, 11) is 0. The molecule has 4 aliphatic rings. The number of benzene rings is 6. The van der Waals surface area contributed by atoms with Gasteiger partial charge >= 0.3 is 0 Å². The quantitative estimate of drug-likeness (QED) is 0.0300. The number of halogens is 1. The van der Waals surface area contributed by atoms with Crippen LogP contribution in [0.2, 0.25) is 0 Å². The first-order valence-electron chi connectivity index (χ1n) is 44.1. The Hall–Kier alpha value is -17.1. The summed E-state index contributed by atoms with van der Waals surface area (Å²) in [6.07, 6.45) is 33.5. The number of nitrogens with one attached hydrogen (secondary N) is 12. The number of fused-ring (bicyclic) bond motifs is 4. The molecule has 662 valence electrons. The number of rotatable bonds is 22. The number of anilines is 8. The van der Waals surface area contributed by atoms with Crippen molar-refractivity contribution >= 4 is 91.7 Å². The van der Waals surface area contributed by atoms with E-state index in [2.05, 4.69) is 94.5 Å². The van der Waals surface area contributed by atoms with E-state index in [-0.39, 0.29) is 57.2 Å². The van der Waals surface area contributed by atoms with Gasteiger partial charge in [-0.25, -0.2) is 24.3 Å². The predicted molar refractivity (Wildman–Crippen MR) is 513 cm³/mol. The topological polar surface area (TPSA) is 365 Å². The monoisotopic (exact) mass is 1770 g/mol. The smallest absolute Gasteiger partial charge is 0.251 e. The zero-order valence-electron chi connectivity index (χ0n) is 72.0. The van der Waals surface area contributed by atoms with Crippen LogP contribution in [0.4, 0.5) is 49.9 Å². The van der Waals surface area contributed by atoms with Gasteiger partial charge in [0.2, 0.25) is 22.2 Å². The third-order valence-electron chi connectivity index (χ3n) is 24.5. The van der Waals surface area contributed by atoms with Gasteiger partial charge in [0.25, 0.3) is 23.6 Å². The van der Waals surface area contributed by atoms with Crippen molar-refractivity contribution in [3.8, 4) is 45.0 Å². The second-order valence-corrected chi connectivity index (χ2v) is 33.4. The highest BCUT2D eigenvalue weighted by Crippen LogP contribution is 2.47. The minimum Gasteiger partial charge on any atom is -0.352 e. The normalized spacial score (nSPS) is 14.0. The lowest BCUT2D eigenvalue weighted by Crippen LogP contribution is -2.39. The molecule has 4 saturated carbocycles. The van der Waals surface area contributed by atoms with Crippen LogP contribution in [0.1, 0.15) is 130 Å².